The number of piperazine rings is 1. The normalized spacial score (nSPS) is 17.3. The third-order valence-corrected chi connectivity index (χ3v) is 7.75. The number of phenols is 1. The highest BCUT2D eigenvalue weighted by Crippen LogP contribution is 2.43. The SMILES string of the molecule is C=CC(=O)N1C[C@H](C)N(c2nc(Oc3cc[nH]c3)nc3c(F)c(-c4cc(O)cc5ccccc45)c(Cl)cc23)C[C@H]1C. The molecule has 1 aliphatic heterocycles. The van der Waals surface area contributed by atoms with Gasteiger partial charge in [0.2, 0.25) is 5.91 Å². The highest BCUT2D eigenvalue weighted by atomic mass is 35.5. The summed E-state index contributed by atoms with van der Waals surface area (Å²) in [6.07, 6.45) is 4.64. The first kappa shape index (κ1) is 26.6. The lowest BCUT2D eigenvalue weighted by Gasteiger charge is -2.44. The maximum absolute atomic E-state index is 16.7. The fourth-order valence-corrected chi connectivity index (χ4v) is 5.79. The molecule has 1 amide bonds. The van der Waals surface area contributed by atoms with Crippen LogP contribution in [0.25, 0.3) is 32.8 Å². The number of carbonyl (C=O) groups excluding carboxylic acids is 1. The van der Waals surface area contributed by atoms with Crippen molar-refractivity contribution in [2.75, 3.05) is 18.0 Å². The Morgan fingerprint density at radius 3 is 2.71 bits per heavy atom. The average molecular weight is 572 g/mol. The molecule has 2 aromatic heterocycles. The van der Waals surface area contributed by atoms with E-state index >= 15 is 4.39 Å². The van der Waals surface area contributed by atoms with Crippen LogP contribution in [0, 0.1) is 5.82 Å². The Bertz CT molecular complexity index is 1810. The number of hydrogen-bond donors (Lipinski definition) is 2. The molecule has 1 aliphatic rings. The average Bonchev–Trinajstić information content (AvgIpc) is 3.46. The zero-order valence-electron chi connectivity index (χ0n) is 22.4. The molecule has 8 nitrogen and oxygen atoms in total. The number of nitrogens with zero attached hydrogens (tertiary/aromatic N) is 4. The van der Waals surface area contributed by atoms with Gasteiger partial charge in [0.1, 0.15) is 22.8 Å². The minimum Gasteiger partial charge on any atom is -0.508 e. The Balaban J connectivity index is 1.56. The third-order valence-electron chi connectivity index (χ3n) is 7.45. The first-order valence-electron chi connectivity index (χ1n) is 13.2. The van der Waals surface area contributed by atoms with Crippen LogP contribution in [0.15, 0.2) is 73.6 Å². The van der Waals surface area contributed by atoms with Crippen LogP contribution >= 0.6 is 11.6 Å². The minimum absolute atomic E-state index is 0.0103. The number of aromatic hydroxyl groups is 1. The summed E-state index contributed by atoms with van der Waals surface area (Å²) in [5.74, 6) is 0.0892. The van der Waals surface area contributed by atoms with Crippen molar-refractivity contribution in [1.29, 1.82) is 0 Å². The van der Waals surface area contributed by atoms with Crippen LogP contribution in [-0.2, 0) is 4.79 Å². The molecule has 10 heteroatoms. The van der Waals surface area contributed by atoms with E-state index in [1.807, 2.05) is 43.0 Å². The first-order valence-corrected chi connectivity index (χ1v) is 13.5. The molecular weight excluding hydrogens is 545 g/mol. The predicted octanol–water partition coefficient (Wildman–Crippen LogP) is 6.68. The number of aromatic amines is 1. The van der Waals surface area contributed by atoms with Crippen LogP contribution in [0.3, 0.4) is 0 Å². The smallest absolute Gasteiger partial charge is 0.324 e. The fraction of sp³-hybridized carbons (Fsp3) is 0.194. The number of amides is 1. The first-order chi connectivity index (χ1) is 19.7. The van der Waals surface area contributed by atoms with Crippen molar-refractivity contribution in [1.82, 2.24) is 19.9 Å². The minimum atomic E-state index is -0.660. The Kier molecular flexibility index (Phi) is 6.75. The van der Waals surface area contributed by atoms with Crippen LogP contribution in [-0.4, -0.2) is 56.0 Å². The zero-order valence-corrected chi connectivity index (χ0v) is 23.2. The van der Waals surface area contributed by atoms with Crippen LogP contribution in [0.5, 0.6) is 17.5 Å². The summed E-state index contributed by atoms with van der Waals surface area (Å²) < 4.78 is 22.6. The number of benzene rings is 3. The number of anilines is 1. The second-order valence-corrected chi connectivity index (χ2v) is 10.6. The van der Waals surface area contributed by atoms with E-state index in [9.17, 15) is 9.90 Å². The van der Waals surface area contributed by atoms with E-state index in [1.54, 1.807) is 35.5 Å². The summed E-state index contributed by atoms with van der Waals surface area (Å²) in [4.78, 5) is 28.3. The maximum atomic E-state index is 16.7. The molecule has 0 bridgehead atoms. The number of phenolic OH excluding ortho intramolecular Hbond substituents is 1. The van der Waals surface area contributed by atoms with Crippen molar-refractivity contribution in [3.05, 3.63) is 84.4 Å². The van der Waals surface area contributed by atoms with Crippen molar-refractivity contribution in [3.8, 4) is 28.6 Å². The van der Waals surface area contributed by atoms with Crippen LogP contribution < -0.4 is 9.64 Å². The molecule has 5 aromatic rings. The number of carbonyl (C=O) groups is 1. The van der Waals surface area contributed by atoms with E-state index in [2.05, 4.69) is 16.5 Å². The summed E-state index contributed by atoms with van der Waals surface area (Å²) in [7, 11) is 0. The van der Waals surface area contributed by atoms with Crippen LogP contribution in [0.1, 0.15) is 13.8 Å². The molecule has 0 saturated carbocycles. The van der Waals surface area contributed by atoms with E-state index in [1.165, 1.54) is 12.1 Å². The second-order valence-electron chi connectivity index (χ2n) is 10.2. The Morgan fingerprint density at radius 2 is 1.95 bits per heavy atom. The molecule has 208 valence electrons. The molecule has 3 heterocycles. The number of H-pyrrole nitrogens is 1. The molecule has 2 atom stereocenters. The van der Waals surface area contributed by atoms with Crippen molar-refractivity contribution in [2.24, 2.45) is 0 Å². The highest BCUT2D eigenvalue weighted by Gasteiger charge is 2.34. The highest BCUT2D eigenvalue weighted by molar-refractivity contribution is 6.35. The van der Waals surface area contributed by atoms with Gasteiger partial charge in [-0.25, -0.2) is 4.39 Å². The van der Waals surface area contributed by atoms with Crippen molar-refractivity contribution in [3.63, 3.8) is 0 Å². The molecule has 0 spiro atoms. The maximum Gasteiger partial charge on any atom is 0.324 e. The quantitative estimate of drug-likeness (QED) is 0.229. The lowest BCUT2D eigenvalue weighted by Crippen LogP contribution is -2.58. The summed E-state index contributed by atoms with van der Waals surface area (Å²) in [6.45, 7) is 8.40. The van der Waals surface area contributed by atoms with Crippen molar-refractivity contribution in [2.45, 2.75) is 25.9 Å². The topological polar surface area (TPSA) is 94.6 Å². The Hall–Kier alpha value is -4.63. The van der Waals surface area contributed by atoms with E-state index in [4.69, 9.17) is 21.3 Å². The second kappa shape index (κ2) is 10.4. The number of halogens is 2. The number of rotatable bonds is 5. The largest absolute Gasteiger partial charge is 0.508 e. The van der Waals surface area contributed by atoms with Gasteiger partial charge >= 0.3 is 6.01 Å². The van der Waals surface area contributed by atoms with Crippen LogP contribution in [0.2, 0.25) is 5.02 Å². The van der Waals surface area contributed by atoms with E-state index < -0.39 is 5.82 Å². The molecule has 0 aliphatic carbocycles. The van der Waals surface area contributed by atoms with Gasteiger partial charge in [0.25, 0.3) is 0 Å². The van der Waals surface area contributed by atoms with Crippen molar-refractivity contribution >= 4 is 45.0 Å². The van der Waals surface area contributed by atoms with Gasteiger partial charge in [-0.05, 0) is 60.5 Å². The lowest BCUT2D eigenvalue weighted by atomic mass is 9.96. The molecule has 1 saturated heterocycles. The predicted molar refractivity (Wildman–Crippen MR) is 158 cm³/mol. The monoisotopic (exact) mass is 571 g/mol. The van der Waals surface area contributed by atoms with Gasteiger partial charge < -0.3 is 24.6 Å². The number of fused-ring (bicyclic) bond motifs is 2. The summed E-state index contributed by atoms with van der Waals surface area (Å²) in [5.41, 5.74) is 0.583. The van der Waals surface area contributed by atoms with Gasteiger partial charge in [-0.15, -0.1) is 0 Å². The standard InChI is InChI=1S/C31H27ClFN5O3/c1-4-26(40)37-15-18(3)38(16-17(37)2)30-24-13-25(32)27(23-12-20(39)11-19-7-5-6-8-22(19)23)28(33)29(24)35-31(36-30)41-21-9-10-34-14-21/h4-14,17-18,34,39H,1,15-16H2,2-3H3/t17-,18+/m1/s1. The van der Waals surface area contributed by atoms with Gasteiger partial charge in [-0.1, -0.05) is 42.4 Å². The van der Waals surface area contributed by atoms with Gasteiger partial charge in [0.05, 0.1) is 5.02 Å². The number of hydrogen-bond acceptors (Lipinski definition) is 6. The van der Waals surface area contributed by atoms with Gasteiger partial charge in [0.15, 0.2) is 5.82 Å². The van der Waals surface area contributed by atoms with Gasteiger partial charge in [-0.3, -0.25) is 4.79 Å². The molecule has 41 heavy (non-hydrogen) atoms. The molecule has 0 radical (unpaired) electrons. The molecule has 0 unspecified atom stereocenters. The van der Waals surface area contributed by atoms with E-state index in [0.29, 0.717) is 35.6 Å². The van der Waals surface area contributed by atoms with Gasteiger partial charge in [-0.2, -0.15) is 9.97 Å². The lowest BCUT2D eigenvalue weighted by molar-refractivity contribution is -0.128. The zero-order chi connectivity index (χ0) is 28.8. The third kappa shape index (κ3) is 4.72. The summed E-state index contributed by atoms with van der Waals surface area (Å²) >= 11 is 6.82. The van der Waals surface area contributed by atoms with Crippen LogP contribution in [0.4, 0.5) is 10.2 Å². The number of nitrogens with one attached hydrogen (secondary N) is 1. The van der Waals surface area contributed by atoms with E-state index in [0.717, 1.165) is 10.8 Å². The molecule has 1 fully saturated rings. The molecular formula is C31H27ClFN5O3. The summed E-state index contributed by atoms with van der Waals surface area (Å²) in [5, 5.41) is 12.5. The van der Waals surface area contributed by atoms with E-state index in [-0.39, 0.29) is 45.9 Å². The number of ether oxygens (including phenoxy) is 1. The Labute approximate surface area is 240 Å². The fourth-order valence-electron chi connectivity index (χ4n) is 5.50. The molecule has 6 rings (SSSR count). The molecule has 3 aromatic carbocycles. The Morgan fingerprint density at radius 1 is 1.15 bits per heavy atom. The molecule has 2 N–H and O–H groups in total. The van der Waals surface area contributed by atoms with Gasteiger partial charge in [0, 0.05) is 48.5 Å². The summed E-state index contributed by atoms with van der Waals surface area (Å²) in [6, 6.07) is 13.5. The number of aromatic nitrogens is 3. The van der Waals surface area contributed by atoms with Crippen molar-refractivity contribution < 1.29 is 19.0 Å².